The Bertz CT molecular complexity index is 3720. The number of rotatable bonds is 6. The minimum absolute atomic E-state index is 0.835. The van der Waals surface area contributed by atoms with E-state index in [1.165, 1.54) is 73.4 Å². The molecule has 4 heterocycles. The molecule has 0 saturated carbocycles. The summed E-state index contributed by atoms with van der Waals surface area (Å²) in [6.07, 6.45) is 0. The molecule has 62 heavy (non-hydrogen) atoms. The molecule has 9 aromatic carbocycles. The lowest BCUT2D eigenvalue weighted by Crippen LogP contribution is -1.98. The summed E-state index contributed by atoms with van der Waals surface area (Å²) in [6.45, 7) is 0. The summed E-state index contributed by atoms with van der Waals surface area (Å²) in [5.41, 5.74) is 11.6. The van der Waals surface area contributed by atoms with Crippen molar-refractivity contribution < 1.29 is 9.47 Å². The highest BCUT2D eigenvalue weighted by Crippen LogP contribution is 2.47. The first-order chi connectivity index (χ1) is 30.7. The molecule has 0 amide bonds. The van der Waals surface area contributed by atoms with E-state index in [1.54, 1.807) is 14.2 Å². The summed E-state index contributed by atoms with van der Waals surface area (Å²) in [6, 6.07) is 66.5. The third-order valence-electron chi connectivity index (χ3n) is 12.7. The molecule has 0 aliphatic carbocycles. The third kappa shape index (κ3) is 5.05. The Morgan fingerprint density at radius 1 is 0.323 bits per heavy atom. The lowest BCUT2D eigenvalue weighted by molar-refractivity contribution is 0.415. The number of hydrogen-bond donors (Lipinski definition) is 0. The first-order valence-electron chi connectivity index (χ1n) is 20.8. The maximum Gasteiger partial charge on any atom is 0.119 e. The van der Waals surface area contributed by atoms with E-state index in [0.717, 1.165) is 55.7 Å². The molecule has 6 heteroatoms. The minimum atomic E-state index is 0.835. The SMILES string of the molecule is COc1ccc2c(c1)c1c(-c3cccc4sc5ccccc5c34)cccc1n2-c1cccc(-n2c3ccc(OC)cc3c3c(-c4cccc5sc6ccccc6c45)cccc32)c1. The first-order valence-corrected chi connectivity index (χ1v) is 22.4. The number of hydrogen-bond acceptors (Lipinski definition) is 4. The summed E-state index contributed by atoms with van der Waals surface area (Å²) in [5.74, 6) is 1.67. The summed E-state index contributed by atoms with van der Waals surface area (Å²) >= 11 is 3.72. The standard InChI is InChI=1S/C56H36N2O2S2/c1-59-35-26-28-45-43(31-35)53-37(39-18-10-24-51-55(39)41-14-3-5-22-49(41)61-51)16-8-20-47(53)57(45)33-12-7-13-34(30-33)58-46-29-27-36(60-2)32-44(46)54-38(17-9-21-48(54)58)40-19-11-25-52-56(40)42-15-4-6-23-50(42)62-52/h3-32H,1-2H3. The van der Waals surface area contributed by atoms with Gasteiger partial charge in [0, 0.05) is 73.3 Å². The number of thiophene rings is 2. The van der Waals surface area contributed by atoms with Gasteiger partial charge in [-0.3, -0.25) is 0 Å². The number of nitrogens with zero attached hydrogens (tertiary/aromatic N) is 2. The van der Waals surface area contributed by atoms with E-state index >= 15 is 0 Å². The largest absolute Gasteiger partial charge is 0.497 e. The topological polar surface area (TPSA) is 28.3 Å². The van der Waals surface area contributed by atoms with Crippen LogP contribution in [0.5, 0.6) is 11.5 Å². The Hall–Kier alpha value is -7.38. The van der Waals surface area contributed by atoms with Gasteiger partial charge in [0.1, 0.15) is 11.5 Å². The van der Waals surface area contributed by atoms with E-state index in [-0.39, 0.29) is 0 Å². The van der Waals surface area contributed by atoms with Crippen LogP contribution < -0.4 is 9.47 Å². The fourth-order valence-electron chi connectivity index (χ4n) is 10.1. The van der Waals surface area contributed by atoms with E-state index in [1.807, 2.05) is 22.7 Å². The molecule has 4 nitrogen and oxygen atoms in total. The molecule has 0 aliphatic heterocycles. The Balaban J connectivity index is 1.07. The Labute approximate surface area is 364 Å². The molecule has 0 atom stereocenters. The van der Waals surface area contributed by atoms with E-state index in [2.05, 4.69) is 191 Å². The average Bonchev–Trinajstić information content (AvgIpc) is 4.08. The fourth-order valence-corrected chi connectivity index (χ4v) is 12.4. The molecule has 0 radical (unpaired) electrons. The van der Waals surface area contributed by atoms with Crippen LogP contribution in [0.25, 0.3) is 118 Å². The summed E-state index contributed by atoms with van der Waals surface area (Å²) in [5, 5.41) is 9.91. The minimum Gasteiger partial charge on any atom is -0.497 e. The molecule has 13 rings (SSSR count). The van der Waals surface area contributed by atoms with Crippen LogP contribution in [0.15, 0.2) is 182 Å². The number of fused-ring (bicyclic) bond motifs is 12. The van der Waals surface area contributed by atoms with E-state index < -0.39 is 0 Å². The maximum atomic E-state index is 5.88. The van der Waals surface area contributed by atoms with Gasteiger partial charge in [0.25, 0.3) is 0 Å². The highest BCUT2D eigenvalue weighted by molar-refractivity contribution is 7.26. The lowest BCUT2D eigenvalue weighted by Gasteiger charge is -2.14. The summed E-state index contributed by atoms with van der Waals surface area (Å²) in [4.78, 5) is 0. The highest BCUT2D eigenvalue weighted by atomic mass is 32.1. The zero-order chi connectivity index (χ0) is 41.1. The quantitative estimate of drug-likeness (QED) is 0.167. The van der Waals surface area contributed by atoms with Crippen LogP contribution >= 0.6 is 22.7 Å². The smallest absolute Gasteiger partial charge is 0.119 e. The Morgan fingerprint density at radius 3 is 1.19 bits per heavy atom. The van der Waals surface area contributed by atoms with Crippen molar-refractivity contribution in [2.24, 2.45) is 0 Å². The van der Waals surface area contributed by atoms with Crippen LogP contribution in [0.2, 0.25) is 0 Å². The molecule has 0 aliphatic rings. The van der Waals surface area contributed by atoms with E-state index in [0.29, 0.717) is 0 Å². The number of aromatic nitrogens is 2. The second kappa shape index (κ2) is 13.6. The molecule has 0 bridgehead atoms. The van der Waals surface area contributed by atoms with Crippen molar-refractivity contribution in [2.75, 3.05) is 14.2 Å². The zero-order valence-electron chi connectivity index (χ0n) is 33.8. The molecule has 0 saturated heterocycles. The second-order valence-corrected chi connectivity index (χ2v) is 18.1. The molecule has 4 aromatic heterocycles. The van der Waals surface area contributed by atoms with Crippen molar-refractivity contribution in [1.29, 1.82) is 0 Å². The molecule has 0 fully saturated rings. The van der Waals surface area contributed by atoms with Crippen molar-refractivity contribution in [3.63, 3.8) is 0 Å². The van der Waals surface area contributed by atoms with E-state index in [9.17, 15) is 0 Å². The van der Waals surface area contributed by atoms with Crippen LogP contribution in [0.1, 0.15) is 0 Å². The van der Waals surface area contributed by atoms with Crippen molar-refractivity contribution in [3.05, 3.63) is 182 Å². The van der Waals surface area contributed by atoms with Gasteiger partial charge in [0.05, 0.1) is 36.3 Å². The van der Waals surface area contributed by atoms with Gasteiger partial charge in [0.2, 0.25) is 0 Å². The molecular weight excluding hydrogens is 797 g/mol. The van der Waals surface area contributed by atoms with E-state index in [4.69, 9.17) is 9.47 Å². The van der Waals surface area contributed by atoms with Crippen LogP contribution in [0.4, 0.5) is 0 Å². The monoisotopic (exact) mass is 832 g/mol. The predicted molar refractivity (Wildman–Crippen MR) is 265 cm³/mol. The predicted octanol–water partition coefficient (Wildman–Crippen LogP) is 16.0. The molecule has 0 N–H and O–H groups in total. The summed E-state index contributed by atoms with van der Waals surface area (Å²) in [7, 11) is 3.50. The van der Waals surface area contributed by atoms with Gasteiger partial charge in [-0.25, -0.2) is 0 Å². The van der Waals surface area contributed by atoms with Gasteiger partial charge in [-0.1, -0.05) is 91.0 Å². The van der Waals surface area contributed by atoms with Gasteiger partial charge in [0.15, 0.2) is 0 Å². The highest BCUT2D eigenvalue weighted by Gasteiger charge is 2.22. The average molecular weight is 833 g/mol. The van der Waals surface area contributed by atoms with Gasteiger partial charge in [-0.05, 0) is 113 Å². The van der Waals surface area contributed by atoms with Gasteiger partial charge in [-0.2, -0.15) is 0 Å². The number of benzene rings is 9. The van der Waals surface area contributed by atoms with Crippen LogP contribution in [0.3, 0.4) is 0 Å². The Kier molecular flexibility index (Phi) is 7.74. The molecule has 0 spiro atoms. The lowest BCUT2D eigenvalue weighted by atomic mass is 9.95. The maximum absolute atomic E-state index is 5.88. The fraction of sp³-hybridized carbons (Fsp3) is 0.0357. The van der Waals surface area contributed by atoms with Gasteiger partial charge < -0.3 is 18.6 Å². The van der Waals surface area contributed by atoms with Crippen molar-refractivity contribution in [2.45, 2.75) is 0 Å². The molecule has 0 unspecified atom stereocenters. The first kappa shape index (κ1) is 35.4. The molecular formula is C56H36N2O2S2. The number of ether oxygens (including phenoxy) is 2. The number of methoxy groups -OCH3 is 2. The van der Waals surface area contributed by atoms with Crippen LogP contribution in [-0.2, 0) is 0 Å². The Morgan fingerprint density at radius 2 is 0.726 bits per heavy atom. The van der Waals surface area contributed by atoms with Crippen LogP contribution in [-0.4, -0.2) is 23.4 Å². The van der Waals surface area contributed by atoms with Crippen molar-refractivity contribution in [1.82, 2.24) is 9.13 Å². The van der Waals surface area contributed by atoms with Crippen molar-refractivity contribution in [3.8, 4) is 45.1 Å². The normalized spacial score (nSPS) is 12.0. The third-order valence-corrected chi connectivity index (χ3v) is 15.0. The molecule has 294 valence electrons. The molecule has 13 aromatic rings. The summed E-state index contributed by atoms with van der Waals surface area (Å²) < 4.78 is 21.8. The van der Waals surface area contributed by atoms with Crippen LogP contribution in [0, 0.1) is 0 Å². The van der Waals surface area contributed by atoms with Gasteiger partial charge >= 0.3 is 0 Å². The van der Waals surface area contributed by atoms with Gasteiger partial charge in [-0.15, -0.1) is 22.7 Å². The van der Waals surface area contributed by atoms with Crippen molar-refractivity contribution >= 4 is 107 Å². The second-order valence-electron chi connectivity index (χ2n) is 15.9. The zero-order valence-corrected chi connectivity index (χ0v) is 35.5.